The van der Waals surface area contributed by atoms with Crippen LogP contribution in [0, 0.1) is 0 Å². The SMILES string of the molecule is COC(=O)C1=C(C)NC2=C(C(=O)C[C@@H](c3cccs3)C2)[C@H]1c1cc(OC)ccc1OC. The predicted octanol–water partition coefficient (Wildman–Crippen LogP) is 4.30. The Hall–Kier alpha value is -3.06. The number of benzene rings is 1. The summed E-state index contributed by atoms with van der Waals surface area (Å²) in [5, 5.41) is 5.37. The Balaban J connectivity index is 1.89. The normalized spacial score (nSPS) is 20.8. The number of ether oxygens (including phenoxy) is 3. The van der Waals surface area contributed by atoms with Crippen LogP contribution in [0.3, 0.4) is 0 Å². The number of carbonyl (C=O) groups excluding carboxylic acids is 2. The molecule has 0 radical (unpaired) electrons. The van der Waals surface area contributed by atoms with Crippen LogP contribution in [0.4, 0.5) is 0 Å². The number of ketones is 1. The van der Waals surface area contributed by atoms with Crippen molar-refractivity contribution >= 4 is 23.1 Å². The van der Waals surface area contributed by atoms with Gasteiger partial charge in [0, 0.05) is 39.7 Å². The summed E-state index contributed by atoms with van der Waals surface area (Å²) in [4.78, 5) is 27.5. The summed E-state index contributed by atoms with van der Waals surface area (Å²) in [6.45, 7) is 1.84. The van der Waals surface area contributed by atoms with Crippen molar-refractivity contribution in [2.45, 2.75) is 31.6 Å². The van der Waals surface area contributed by atoms with E-state index in [1.54, 1.807) is 37.7 Å². The van der Waals surface area contributed by atoms with Crippen LogP contribution in [0.2, 0.25) is 0 Å². The number of dihydropyridines is 1. The molecule has 0 saturated carbocycles. The number of nitrogens with one attached hydrogen (secondary N) is 1. The minimum atomic E-state index is -0.592. The van der Waals surface area contributed by atoms with Gasteiger partial charge in [-0.2, -0.15) is 0 Å². The van der Waals surface area contributed by atoms with E-state index >= 15 is 0 Å². The number of hydrogen-bond acceptors (Lipinski definition) is 7. The van der Waals surface area contributed by atoms with Crippen molar-refractivity contribution < 1.29 is 23.8 Å². The molecule has 1 aliphatic carbocycles. The molecule has 4 rings (SSSR count). The smallest absolute Gasteiger partial charge is 0.336 e. The molecule has 0 bridgehead atoms. The van der Waals surface area contributed by atoms with E-state index in [0.29, 0.717) is 46.7 Å². The van der Waals surface area contributed by atoms with Crippen molar-refractivity contribution in [3.63, 3.8) is 0 Å². The van der Waals surface area contributed by atoms with Crippen LogP contribution in [0.5, 0.6) is 11.5 Å². The number of hydrogen-bond donors (Lipinski definition) is 1. The highest BCUT2D eigenvalue weighted by molar-refractivity contribution is 7.10. The van der Waals surface area contributed by atoms with E-state index in [4.69, 9.17) is 14.2 Å². The molecule has 0 spiro atoms. The van der Waals surface area contributed by atoms with Gasteiger partial charge in [0.15, 0.2) is 5.78 Å². The van der Waals surface area contributed by atoms with Gasteiger partial charge in [-0.1, -0.05) is 6.07 Å². The lowest BCUT2D eigenvalue weighted by atomic mass is 9.72. The maximum atomic E-state index is 13.5. The number of esters is 1. The molecule has 0 unspecified atom stereocenters. The lowest BCUT2D eigenvalue weighted by Gasteiger charge is -2.36. The van der Waals surface area contributed by atoms with Gasteiger partial charge in [0.05, 0.1) is 32.8 Å². The molecule has 1 aromatic heterocycles. The zero-order valence-corrected chi connectivity index (χ0v) is 18.8. The van der Waals surface area contributed by atoms with E-state index in [-0.39, 0.29) is 11.7 Å². The molecule has 2 atom stereocenters. The fourth-order valence-corrected chi connectivity index (χ4v) is 5.35. The van der Waals surface area contributed by atoms with Crippen LogP contribution in [0.1, 0.15) is 42.0 Å². The first kappa shape index (κ1) is 21.2. The molecule has 2 heterocycles. The summed E-state index contributed by atoms with van der Waals surface area (Å²) < 4.78 is 16.1. The molecule has 6 nitrogen and oxygen atoms in total. The van der Waals surface area contributed by atoms with Crippen LogP contribution in [0.25, 0.3) is 0 Å². The van der Waals surface area contributed by atoms with Crippen LogP contribution in [-0.2, 0) is 14.3 Å². The fraction of sp³-hybridized carbons (Fsp3) is 0.333. The standard InChI is InChI=1S/C24H25NO5S/c1-13-21(24(27)30-4)22(16-12-15(28-2)7-8-19(16)29-3)23-17(25-13)10-14(11-18(23)26)20-6-5-9-31-20/h5-9,12,14,22,25H,10-11H2,1-4H3/t14-,22-/m0/s1. The lowest BCUT2D eigenvalue weighted by molar-refractivity contribution is -0.136. The highest BCUT2D eigenvalue weighted by Gasteiger charge is 2.42. The van der Waals surface area contributed by atoms with Crippen LogP contribution >= 0.6 is 11.3 Å². The summed E-state index contributed by atoms with van der Waals surface area (Å²) in [5.41, 5.74) is 3.26. The molecule has 1 N–H and O–H groups in total. The monoisotopic (exact) mass is 439 g/mol. The first-order chi connectivity index (χ1) is 15.0. The van der Waals surface area contributed by atoms with E-state index in [0.717, 1.165) is 5.70 Å². The van der Waals surface area contributed by atoms with Crippen molar-refractivity contribution in [2.75, 3.05) is 21.3 Å². The van der Waals surface area contributed by atoms with Gasteiger partial charge in [0.2, 0.25) is 0 Å². The van der Waals surface area contributed by atoms with Crippen molar-refractivity contribution in [1.82, 2.24) is 5.32 Å². The van der Waals surface area contributed by atoms with Crippen LogP contribution in [0.15, 0.2) is 58.3 Å². The molecule has 1 aromatic carbocycles. The molecule has 1 aliphatic heterocycles. The molecule has 7 heteroatoms. The highest BCUT2D eigenvalue weighted by atomic mass is 32.1. The van der Waals surface area contributed by atoms with Crippen molar-refractivity contribution in [3.05, 3.63) is 68.7 Å². The first-order valence-electron chi connectivity index (χ1n) is 10.1. The van der Waals surface area contributed by atoms with E-state index in [9.17, 15) is 9.59 Å². The first-order valence-corrected chi connectivity index (χ1v) is 10.9. The Morgan fingerprint density at radius 3 is 2.58 bits per heavy atom. The second-order valence-electron chi connectivity index (χ2n) is 7.63. The van der Waals surface area contributed by atoms with Gasteiger partial charge in [-0.3, -0.25) is 4.79 Å². The van der Waals surface area contributed by atoms with Gasteiger partial charge < -0.3 is 19.5 Å². The molecule has 2 aliphatic rings. The minimum absolute atomic E-state index is 0.0240. The Morgan fingerprint density at radius 1 is 1.13 bits per heavy atom. The van der Waals surface area contributed by atoms with Crippen molar-refractivity contribution in [3.8, 4) is 11.5 Å². The number of thiophene rings is 1. The van der Waals surface area contributed by atoms with Gasteiger partial charge in [0.1, 0.15) is 11.5 Å². The van der Waals surface area contributed by atoms with E-state index < -0.39 is 11.9 Å². The van der Waals surface area contributed by atoms with Gasteiger partial charge in [-0.25, -0.2) is 4.79 Å². The topological polar surface area (TPSA) is 73.9 Å². The number of rotatable bonds is 5. The third-order valence-electron chi connectivity index (χ3n) is 5.93. The second-order valence-corrected chi connectivity index (χ2v) is 8.61. The lowest BCUT2D eigenvalue weighted by Crippen LogP contribution is -2.36. The Bertz CT molecular complexity index is 1080. The maximum Gasteiger partial charge on any atom is 0.336 e. The fourth-order valence-electron chi connectivity index (χ4n) is 4.52. The van der Waals surface area contributed by atoms with Crippen LogP contribution < -0.4 is 14.8 Å². The summed E-state index contributed by atoms with van der Waals surface area (Å²) in [7, 11) is 4.51. The average Bonchev–Trinajstić information content (AvgIpc) is 3.32. The zero-order chi connectivity index (χ0) is 22.1. The quantitative estimate of drug-likeness (QED) is 0.701. The van der Waals surface area contributed by atoms with Crippen molar-refractivity contribution in [2.24, 2.45) is 0 Å². The van der Waals surface area contributed by atoms with Gasteiger partial charge >= 0.3 is 5.97 Å². The van der Waals surface area contributed by atoms with Gasteiger partial charge in [0.25, 0.3) is 0 Å². The number of carbonyl (C=O) groups is 2. The van der Waals surface area contributed by atoms with Crippen molar-refractivity contribution in [1.29, 1.82) is 0 Å². The summed E-state index contributed by atoms with van der Waals surface area (Å²) in [6, 6.07) is 9.49. The molecule has 0 amide bonds. The second kappa shape index (κ2) is 8.59. The molecule has 0 saturated heterocycles. The Labute approximate surface area is 185 Å². The molecule has 0 fully saturated rings. The largest absolute Gasteiger partial charge is 0.497 e. The number of methoxy groups -OCH3 is 3. The van der Waals surface area contributed by atoms with Gasteiger partial charge in [-0.05, 0) is 43.0 Å². The molecular weight excluding hydrogens is 414 g/mol. The Kier molecular flexibility index (Phi) is 5.87. The van der Waals surface area contributed by atoms with E-state index in [1.165, 1.54) is 12.0 Å². The third kappa shape index (κ3) is 3.74. The Morgan fingerprint density at radius 2 is 1.94 bits per heavy atom. The zero-order valence-electron chi connectivity index (χ0n) is 18.0. The minimum Gasteiger partial charge on any atom is -0.497 e. The maximum absolute atomic E-state index is 13.5. The molecule has 31 heavy (non-hydrogen) atoms. The molecule has 2 aromatic rings. The highest BCUT2D eigenvalue weighted by Crippen LogP contribution is 2.48. The summed E-state index contributed by atoms with van der Waals surface area (Å²) in [5.74, 6) is 0.292. The molecular formula is C24H25NO5S. The number of Topliss-reactive ketones (excluding diaryl/α,β-unsaturated/α-hetero) is 1. The third-order valence-corrected chi connectivity index (χ3v) is 6.96. The molecule has 162 valence electrons. The number of allylic oxidation sites excluding steroid dienone is 3. The van der Waals surface area contributed by atoms with Crippen LogP contribution in [-0.4, -0.2) is 33.1 Å². The summed E-state index contributed by atoms with van der Waals surface area (Å²) >= 11 is 1.66. The average molecular weight is 440 g/mol. The van der Waals surface area contributed by atoms with Gasteiger partial charge in [-0.15, -0.1) is 11.3 Å². The van der Waals surface area contributed by atoms with E-state index in [2.05, 4.69) is 11.4 Å². The summed E-state index contributed by atoms with van der Waals surface area (Å²) in [6.07, 6.45) is 1.10. The van der Waals surface area contributed by atoms with E-state index in [1.807, 2.05) is 24.4 Å². The predicted molar refractivity (Wildman–Crippen MR) is 118 cm³/mol.